The molecule has 0 aliphatic carbocycles. The predicted octanol–water partition coefficient (Wildman–Crippen LogP) is 0.524. The standard InChI is InChI=1S/C16H18FN3O5/c1-9(13(22)23)19(3)12(21)8-20-14(24)16(2,18-15(20)25)10-4-6-11(17)7-5-10/h4-7,9H,8H2,1-3H3,(H,18,25)(H,22,23). The Labute approximate surface area is 143 Å². The van der Waals surface area contributed by atoms with Crippen molar-refractivity contribution in [2.45, 2.75) is 25.4 Å². The molecule has 8 nitrogen and oxygen atoms in total. The van der Waals surface area contributed by atoms with Crippen molar-refractivity contribution in [3.63, 3.8) is 0 Å². The molecule has 1 aromatic rings. The van der Waals surface area contributed by atoms with Crippen LogP contribution in [0, 0.1) is 5.82 Å². The number of carboxylic acid groups (broad SMARTS) is 1. The Bertz CT molecular complexity index is 736. The van der Waals surface area contributed by atoms with Crippen LogP contribution in [-0.2, 0) is 19.9 Å². The molecule has 134 valence electrons. The number of halogens is 1. The second-order valence-corrected chi connectivity index (χ2v) is 5.97. The van der Waals surface area contributed by atoms with Gasteiger partial charge in [-0.15, -0.1) is 0 Å². The minimum Gasteiger partial charge on any atom is -0.480 e. The molecule has 1 aromatic carbocycles. The van der Waals surface area contributed by atoms with Crippen LogP contribution in [0.1, 0.15) is 19.4 Å². The van der Waals surface area contributed by atoms with E-state index < -0.39 is 47.8 Å². The van der Waals surface area contributed by atoms with Gasteiger partial charge >= 0.3 is 12.0 Å². The fraction of sp³-hybridized carbons (Fsp3) is 0.375. The van der Waals surface area contributed by atoms with Gasteiger partial charge in [-0.3, -0.25) is 14.5 Å². The summed E-state index contributed by atoms with van der Waals surface area (Å²) in [4.78, 5) is 49.6. The summed E-state index contributed by atoms with van der Waals surface area (Å²) >= 11 is 0. The first kappa shape index (κ1) is 18.4. The lowest BCUT2D eigenvalue weighted by atomic mass is 9.92. The largest absolute Gasteiger partial charge is 0.480 e. The molecule has 1 heterocycles. The van der Waals surface area contributed by atoms with Gasteiger partial charge in [-0.2, -0.15) is 0 Å². The molecule has 2 rings (SSSR count). The smallest absolute Gasteiger partial charge is 0.326 e. The van der Waals surface area contributed by atoms with E-state index in [1.165, 1.54) is 33.0 Å². The molecule has 0 spiro atoms. The van der Waals surface area contributed by atoms with Crippen molar-refractivity contribution in [3.05, 3.63) is 35.6 Å². The van der Waals surface area contributed by atoms with Gasteiger partial charge in [0, 0.05) is 7.05 Å². The topological polar surface area (TPSA) is 107 Å². The number of hydrogen-bond acceptors (Lipinski definition) is 4. The first-order valence-corrected chi connectivity index (χ1v) is 7.46. The third kappa shape index (κ3) is 3.30. The summed E-state index contributed by atoms with van der Waals surface area (Å²) in [5.41, 5.74) is -1.06. The Balaban J connectivity index is 2.20. The van der Waals surface area contributed by atoms with Crippen LogP contribution in [0.2, 0.25) is 0 Å². The Morgan fingerprint density at radius 2 is 1.88 bits per heavy atom. The van der Waals surface area contributed by atoms with Gasteiger partial charge in [-0.1, -0.05) is 12.1 Å². The van der Waals surface area contributed by atoms with Crippen molar-refractivity contribution in [3.8, 4) is 0 Å². The maximum atomic E-state index is 13.1. The van der Waals surface area contributed by atoms with Crippen molar-refractivity contribution in [1.29, 1.82) is 0 Å². The number of imide groups is 1. The number of nitrogens with one attached hydrogen (secondary N) is 1. The zero-order valence-corrected chi connectivity index (χ0v) is 13.9. The highest BCUT2D eigenvalue weighted by Gasteiger charge is 2.49. The summed E-state index contributed by atoms with van der Waals surface area (Å²) in [5.74, 6) is -3.06. The number of aliphatic carboxylic acids is 1. The molecule has 2 atom stereocenters. The van der Waals surface area contributed by atoms with Crippen LogP contribution >= 0.6 is 0 Å². The maximum absolute atomic E-state index is 13.1. The van der Waals surface area contributed by atoms with Crippen LogP contribution in [-0.4, -0.2) is 58.4 Å². The molecule has 0 bridgehead atoms. The van der Waals surface area contributed by atoms with Crippen molar-refractivity contribution < 1.29 is 28.7 Å². The Morgan fingerprint density at radius 3 is 2.40 bits per heavy atom. The van der Waals surface area contributed by atoms with Crippen LogP contribution in [0.5, 0.6) is 0 Å². The van der Waals surface area contributed by atoms with E-state index >= 15 is 0 Å². The molecule has 0 saturated carbocycles. The molecule has 1 saturated heterocycles. The molecular formula is C16H18FN3O5. The quantitative estimate of drug-likeness (QED) is 0.753. The van der Waals surface area contributed by atoms with E-state index in [0.29, 0.717) is 5.56 Å². The minimum atomic E-state index is -1.43. The summed E-state index contributed by atoms with van der Waals surface area (Å²) in [6.45, 7) is 2.18. The van der Waals surface area contributed by atoms with Crippen LogP contribution < -0.4 is 5.32 Å². The van der Waals surface area contributed by atoms with E-state index in [-0.39, 0.29) is 0 Å². The molecule has 4 amide bonds. The van der Waals surface area contributed by atoms with Crippen molar-refractivity contribution >= 4 is 23.8 Å². The second-order valence-electron chi connectivity index (χ2n) is 5.97. The molecule has 2 N–H and O–H groups in total. The number of rotatable bonds is 5. The molecule has 0 aromatic heterocycles. The molecule has 0 radical (unpaired) electrons. The normalized spacial score (nSPS) is 21.0. The molecule has 1 fully saturated rings. The van der Waals surface area contributed by atoms with Gasteiger partial charge < -0.3 is 15.3 Å². The Hall–Kier alpha value is -2.97. The summed E-state index contributed by atoms with van der Waals surface area (Å²) in [6.07, 6.45) is 0. The van der Waals surface area contributed by atoms with Gasteiger partial charge in [-0.05, 0) is 31.5 Å². The number of amides is 4. The van der Waals surface area contributed by atoms with Crippen molar-refractivity contribution in [2.24, 2.45) is 0 Å². The number of hydrogen-bond donors (Lipinski definition) is 2. The van der Waals surface area contributed by atoms with Gasteiger partial charge in [0.15, 0.2) is 0 Å². The van der Waals surface area contributed by atoms with Crippen molar-refractivity contribution in [1.82, 2.24) is 15.1 Å². The lowest BCUT2D eigenvalue weighted by molar-refractivity contribution is -0.149. The fourth-order valence-electron chi connectivity index (χ4n) is 2.45. The third-order valence-electron chi connectivity index (χ3n) is 4.32. The second kappa shape index (κ2) is 6.50. The first-order chi connectivity index (χ1) is 11.6. The highest BCUT2D eigenvalue weighted by molar-refractivity contribution is 6.09. The predicted molar refractivity (Wildman–Crippen MR) is 83.9 cm³/mol. The number of carbonyl (C=O) groups is 4. The zero-order chi connectivity index (χ0) is 18.9. The molecule has 2 unspecified atom stereocenters. The van der Waals surface area contributed by atoms with Crippen LogP contribution in [0.15, 0.2) is 24.3 Å². The van der Waals surface area contributed by atoms with Crippen LogP contribution in [0.25, 0.3) is 0 Å². The molecule has 25 heavy (non-hydrogen) atoms. The third-order valence-corrected chi connectivity index (χ3v) is 4.32. The monoisotopic (exact) mass is 351 g/mol. The average molecular weight is 351 g/mol. The summed E-state index contributed by atoms with van der Waals surface area (Å²) in [5, 5.41) is 11.4. The number of likely N-dealkylation sites (N-methyl/N-ethyl adjacent to an activating group) is 1. The SMILES string of the molecule is CC(C(=O)O)N(C)C(=O)CN1C(=O)NC(C)(c2ccc(F)cc2)C1=O. The number of carbonyl (C=O) groups excluding carboxylic acids is 3. The first-order valence-electron chi connectivity index (χ1n) is 7.46. The Morgan fingerprint density at radius 1 is 1.32 bits per heavy atom. The molecule has 9 heteroatoms. The highest BCUT2D eigenvalue weighted by Crippen LogP contribution is 2.28. The van der Waals surface area contributed by atoms with E-state index in [1.54, 1.807) is 0 Å². The number of benzene rings is 1. The van der Waals surface area contributed by atoms with Gasteiger partial charge in [0.05, 0.1) is 0 Å². The maximum Gasteiger partial charge on any atom is 0.326 e. The van der Waals surface area contributed by atoms with Crippen LogP contribution in [0.4, 0.5) is 9.18 Å². The molecule has 1 aliphatic heterocycles. The summed E-state index contributed by atoms with van der Waals surface area (Å²) in [7, 11) is 1.28. The van der Waals surface area contributed by atoms with Gasteiger partial charge in [0.25, 0.3) is 5.91 Å². The van der Waals surface area contributed by atoms with Gasteiger partial charge in [-0.25, -0.2) is 14.0 Å². The molecule has 1 aliphatic rings. The fourth-order valence-corrected chi connectivity index (χ4v) is 2.45. The highest BCUT2D eigenvalue weighted by atomic mass is 19.1. The van der Waals surface area contributed by atoms with E-state index in [1.807, 2.05) is 0 Å². The number of urea groups is 1. The lowest BCUT2D eigenvalue weighted by Gasteiger charge is -2.24. The number of nitrogens with zero attached hydrogens (tertiary/aromatic N) is 2. The van der Waals surface area contributed by atoms with Gasteiger partial charge in [0.2, 0.25) is 5.91 Å². The Kier molecular flexibility index (Phi) is 4.78. The van der Waals surface area contributed by atoms with E-state index in [9.17, 15) is 23.6 Å². The summed E-state index contributed by atoms with van der Waals surface area (Å²) < 4.78 is 13.1. The zero-order valence-electron chi connectivity index (χ0n) is 13.9. The van der Waals surface area contributed by atoms with Crippen molar-refractivity contribution in [2.75, 3.05) is 13.6 Å². The van der Waals surface area contributed by atoms with E-state index in [0.717, 1.165) is 21.9 Å². The lowest BCUT2D eigenvalue weighted by Crippen LogP contribution is -2.47. The van der Waals surface area contributed by atoms with E-state index in [4.69, 9.17) is 5.11 Å². The van der Waals surface area contributed by atoms with Crippen LogP contribution in [0.3, 0.4) is 0 Å². The minimum absolute atomic E-state index is 0.370. The van der Waals surface area contributed by atoms with Gasteiger partial charge in [0.1, 0.15) is 23.9 Å². The summed E-state index contributed by atoms with van der Waals surface area (Å²) in [6, 6.07) is 3.19. The number of carboxylic acids is 1. The van der Waals surface area contributed by atoms with E-state index in [2.05, 4.69) is 5.32 Å². The average Bonchev–Trinajstić information content (AvgIpc) is 2.78. The molecular weight excluding hydrogens is 333 g/mol.